The van der Waals surface area contributed by atoms with Crippen LogP contribution in [-0.2, 0) is 6.54 Å². The SMILES string of the molecule is CCN(Cc1ccco1)c1ccc(Cl)cn1. The number of rotatable bonds is 4. The van der Waals surface area contributed by atoms with E-state index in [2.05, 4.69) is 16.8 Å². The van der Waals surface area contributed by atoms with Crippen molar-refractivity contribution in [3.8, 4) is 0 Å². The maximum Gasteiger partial charge on any atom is 0.128 e. The van der Waals surface area contributed by atoms with Gasteiger partial charge in [-0.15, -0.1) is 0 Å². The molecule has 0 fully saturated rings. The van der Waals surface area contributed by atoms with Crippen LogP contribution in [0.1, 0.15) is 12.7 Å². The van der Waals surface area contributed by atoms with Gasteiger partial charge < -0.3 is 9.32 Å². The van der Waals surface area contributed by atoms with Crippen molar-refractivity contribution in [3.63, 3.8) is 0 Å². The van der Waals surface area contributed by atoms with Gasteiger partial charge in [0.15, 0.2) is 0 Å². The van der Waals surface area contributed by atoms with Gasteiger partial charge in [0.05, 0.1) is 17.8 Å². The molecule has 2 aromatic heterocycles. The van der Waals surface area contributed by atoms with Crippen LogP contribution in [0.2, 0.25) is 5.02 Å². The molecule has 0 radical (unpaired) electrons. The highest BCUT2D eigenvalue weighted by atomic mass is 35.5. The third kappa shape index (κ3) is 2.55. The van der Waals surface area contributed by atoms with Crippen LogP contribution in [0.5, 0.6) is 0 Å². The van der Waals surface area contributed by atoms with Crippen molar-refractivity contribution in [1.82, 2.24) is 4.98 Å². The molecule has 0 aliphatic rings. The fourth-order valence-electron chi connectivity index (χ4n) is 1.50. The lowest BCUT2D eigenvalue weighted by molar-refractivity contribution is 0.503. The summed E-state index contributed by atoms with van der Waals surface area (Å²) in [5, 5.41) is 0.651. The Balaban J connectivity index is 2.13. The van der Waals surface area contributed by atoms with Gasteiger partial charge in [-0.25, -0.2) is 4.98 Å². The molecular weight excluding hydrogens is 224 g/mol. The van der Waals surface area contributed by atoms with Gasteiger partial charge >= 0.3 is 0 Å². The van der Waals surface area contributed by atoms with Crippen LogP contribution in [0.25, 0.3) is 0 Å². The highest BCUT2D eigenvalue weighted by Crippen LogP contribution is 2.16. The Labute approximate surface area is 99.7 Å². The molecule has 0 saturated heterocycles. The minimum Gasteiger partial charge on any atom is -0.467 e. The molecule has 84 valence electrons. The standard InChI is InChI=1S/C12H13ClN2O/c1-2-15(9-11-4-3-7-16-11)12-6-5-10(13)8-14-12/h3-8H,2,9H2,1H3. The Hall–Kier alpha value is -1.48. The third-order valence-electron chi connectivity index (χ3n) is 2.34. The molecule has 0 aliphatic carbocycles. The molecule has 3 nitrogen and oxygen atoms in total. The van der Waals surface area contributed by atoms with E-state index in [1.807, 2.05) is 24.3 Å². The fourth-order valence-corrected chi connectivity index (χ4v) is 1.61. The Morgan fingerprint density at radius 1 is 1.38 bits per heavy atom. The molecule has 0 N–H and O–H groups in total. The number of furan rings is 1. The maximum absolute atomic E-state index is 5.80. The summed E-state index contributed by atoms with van der Waals surface area (Å²) in [4.78, 5) is 6.40. The van der Waals surface area contributed by atoms with E-state index in [1.54, 1.807) is 12.5 Å². The van der Waals surface area contributed by atoms with Crippen molar-refractivity contribution < 1.29 is 4.42 Å². The average molecular weight is 237 g/mol. The summed E-state index contributed by atoms with van der Waals surface area (Å²) >= 11 is 5.80. The van der Waals surface area contributed by atoms with E-state index >= 15 is 0 Å². The summed E-state index contributed by atoms with van der Waals surface area (Å²) in [7, 11) is 0. The van der Waals surface area contributed by atoms with Gasteiger partial charge in [-0.05, 0) is 31.2 Å². The summed E-state index contributed by atoms with van der Waals surface area (Å²) < 4.78 is 5.32. The van der Waals surface area contributed by atoms with Crippen LogP contribution in [0.15, 0.2) is 41.1 Å². The predicted molar refractivity (Wildman–Crippen MR) is 64.7 cm³/mol. The zero-order valence-electron chi connectivity index (χ0n) is 9.06. The van der Waals surface area contributed by atoms with Crippen molar-refractivity contribution in [3.05, 3.63) is 47.5 Å². The second-order valence-electron chi connectivity index (χ2n) is 3.43. The smallest absolute Gasteiger partial charge is 0.128 e. The number of halogens is 1. The molecule has 0 bridgehead atoms. The van der Waals surface area contributed by atoms with Crippen LogP contribution in [-0.4, -0.2) is 11.5 Å². The summed E-state index contributed by atoms with van der Waals surface area (Å²) in [5.41, 5.74) is 0. The van der Waals surface area contributed by atoms with Crippen molar-refractivity contribution in [2.75, 3.05) is 11.4 Å². The number of pyridine rings is 1. The van der Waals surface area contributed by atoms with E-state index in [0.29, 0.717) is 5.02 Å². The lowest BCUT2D eigenvalue weighted by Crippen LogP contribution is -2.22. The number of aromatic nitrogens is 1. The normalized spacial score (nSPS) is 10.4. The number of hydrogen-bond acceptors (Lipinski definition) is 3. The van der Waals surface area contributed by atoms with Crippen molar-refractivity contribution in [2.24, 2.45) is 0 Å². The molecule has 0 amide bonds. The van der Waals surface area contributed by atoms with Crippen molar-refractivity contribution in [2.45, 2.75) is 13.5 Å². The van der Waals surface area contributed by atoms with Gasteiger partial charge in [0.2, 0.25) is 0 Å². The highest BCUT2D eigenvalue weighted by Gasteiger charge is 2.07. The quantitative estimate of drug-likeness (QED) is 0.815. The Morgan fingerprint density at radius 2 is 2.25 bits per heavy atom. The molecule has 0 spiro atoms. The molecule has 0 aromatic carbocycles. The minimum atomic E-state index is 0.651. The predicted octanol–water partition coefficient (Wildman–Crippen LogP) is 3.35. The third-order valence-corrected chi connectivity index (χ3v) is 2.57. The highest BCUT2D eigenvalue weighted by molar-refractivity contribution is 6.30. The van der Waals surface area contributed by atoms with Crippen molar-refractivity contribution >= 4 is 17.4 Å². The molecule has 2 aromatic rings. The largest absolute Gasteiger partial charge is 0.467 e. The summed E-state index contributed by atoms with van der Waals surface area (Å²) in [6.07, 6.45) is 3.33. The van der Waals surface area contributed by atoms with Crippen LogP contribution >= 0.6 is 11.6 Å². The van der Waals surface area contributed by atoms with Gasteiger partial charge in [0, 0.05) is 12.7 Å². The van der Waals surface area contributed by atoms with E-state index in [0.717, 1.165) is 24.7 Å². The molecule has 2 heterocycles. The maximum atomic E-state index is 5.80. The summed E-state index contributed by atoms with van der Waals surface area (Å²) in [6.45, 7) is 3.67. The topological polar surface area (TPSA) is 29.3 Å². The number of hydrogen-bond donors (Lipinski definition) is 0. The Bertz CT molecular complexity index is 425. The van der Waals surface area contributed by atoms with E-state index in [4.69, 9.17) is 16.0 Å². The molecule has 4 heteroatoms. The molecule has 2 rings (SSSR count). The monoisotopic (exact) mass is 236 g/mol. The van der Waals surface area contributed by atoms with Crippen LogP contribution in [0.3, 0.4) is 0 Å². The van der Waals surface area contributed by atoms with Gasteiger partial charge in [0.1, 0.15) is 11.6 Å². The number of nitrogens with zero attached hydrogens (tertiary/aromatic N) is 2. The lowest BCUT2D eigenvalue weighted by Gasteiger charge is -2.20. The first-order chi connectivity index (χ1) is 7.79. The van der Waals surface area contributed by atoms with Crippen LogP contribution < -0.4 is 4.90 Å². The fraction of sp³-hybridized carbons (Fsp3) is 0.250. The first-order valence-electron chi connectivity index (χ1n) is 5.18. The summed E-state index contributed by atoms with van der Waals surface area (Å²) in [6, 6.07) is 7.60. The average Bonchev–Trinajstić information content (AvgIpc) is 2.80. The van der Waals surface area contributed by atoms with Gasteiger partial charge in [-0.3, -0.25) is 0 Å². The molecular formula is C12H13ClN2O. The zero-order chi connectivity index (χ0) is 11.4. The first kappa shape index (κ1) is 11.0. The molecule has 0 atom stereocenters. The van der Waals surface area contributed by atoms with Crippen molar-refractivity contribution in [1.29, 1.82) is 0 Å². The molecule has 0 aliphatic heterocycles. The second-order valence-corrected chi connectivity index (χ2v) is 3.86. The first-order valence-corrected chi connectivity index (χ1v) is 5.56. The summed E-state index contributed by atoms with van der Waals surface area (Å²) in [5.74, 6) is 1.84. The van der Waals surface area contributed by atoms with Gasteiger partial charge in [-0.2, -0.15) is 0 Å². The minimum absolute atomic E-state index is 0.651. The van der Waals surface area contributed by atoms with E-state index in [1.165, 1.54) is 0 Å². The molecule has 16 heavy (non-hydrogen) atoms. The van der Waals surface area contributed by atoms with E-state index < -0.39 is 0 Å². The van der Waals surface area contributed by atoms with Crippen LogP contribution in [0.4, 0.5) is 5.82 Å². The lowest BCUT2D eigenvalue weighted by atomic mass is 10.3. The Morgan fingerprint density at radius 3 is 2.81 bits per heavy atom. The number of anilines is 1. The van der Waals surface area contributed by atoms with Crippen LogP contribution in [0, 0.1) is 0 Å². The molecule has 0 saturated carbocycles. The Kier molecular flexibility index (Phi) is 3.47. The van der Waals surface area contributed by atoms with Gasteiger partial charge in [-0.1, -0.05) is 11.6 Å². The molecule has 0 unspecified atom stereocenters. The zero-order valence-corrected chi connectivity index (χ0v) is 9.81. The second kappa shape index (κ2) is 5.03. The van der Waals surface area contributed by atoms with Gasteiger partial charge in [0.25, 0.3) is 0 Å². The van der Waals surface area contributed by atoms with E-state index in [-0.39, 0.29) is 0 Å². The van der Waals surface area contributed by atoms with E-state index in [9.17, 15) is 0 Å².